The lowest BCUT2D eigenvalue weighted by Gasteiger charge is -2.26. The van der Waals surface area contributed by atoms with E-state index in [9.17, 15) is 4.79 Å². The topological polar surface area (TPSA) is 108 Å². The minimum Gasteiger partial charge on any atom is -0.409 e. The van der Waals surface area contributed by atoms with Crippen LogP contribution in [0.4, 0.5) is 5.82 Å². The first-order chi connectivity index (χ1) is 8.06. The summed E-state index contributed by atoms with van der Waals surface area (Å²) in [4.78, 5) is 20.0. The summed E-state index contributed by atoms with van der Waals surface area (Å²) in [5.74, 6) is 0.469. The summed E-state index contributed by atoms with van der Waals surface area (Å²) in [6.45, 7) is 4.36. The van der Waals surface area contributed by atoms with E-state index in [1.54, 1.807) is 4.90 Å². The van der Waals surface area contributed by atoms with E-state index in [1.807, 2.05) is 13.8 Å². The number of hydrogen-bond acceptors (Lipinski definition) is 5. The highest BCUT2D eigenvalue weighted by atomic mass is 16.4. The van der Waals surface area contributed by atoms with Gasteiger partial charge in [0.05, 0.1) is 0 Å². The van der Waals surface area contributed by atoms with Crippen LogP contribution in [0.5, 0.6) is 0 Å². The number of H-pyrrole nitrogens is 1. The third-order valence-corrected chi connectivity index (χ3v) is 2.32. The fraction of sp³-hybridized carbons (Fsp3) is 0.500. The minimum absolute atomic E-state index is 0.0949. The molecule has 1 heterocycles. The van der Waals surface area contributed by atoms with E-state index in [4.69, 9.17) is 10.9 Å². The minimum atomic E-state index is -0.249. The van der Waals surface area contributed by atoms with Gasteiger partial charge >= 0.3 is 0 Å². The summed E-state index contributed by atoms with van der Waals surface area (Å²) in [6, 6.07) is 0.0949. The van der Waals surface area contributed by atoms with Gasteiger partial charge in [-0.15, -0.1) is 0 Å². The zero-order valence-corrected chi connectivity index (χ0v) is 9.92. The summed E-state index contributed by atoms with van der Waals surface area (Å²) in [5.41, 5.74) is 5.16. The molecule has 0 fully saturated rings. The zero-order chi connectivity index (χ0) is 12.8. The maximum absolute atomic E-state index is 11.6. The third-order valence-electron chi connectivity index (χ3n) is 2.32. The van der Waals surface area contributed by atoms with Crippen molar-refractivity contribution in [1.29, 1.82) is 0 Å². The first-order valence-electron chi connectivity index (χ1n) is 5.33. The second kappa shape index (κ2) is 5.88. The van der Waals surface area contributed by atoms with Crippen molar-refractivity contribution in [1.82, 2.24) is 9.97 Å². The summed E-state index contributed by atoms with van der Waals surface area (Å²) in [7, 11) is 0. The second-order valence-electron chi connectivity index (χ2n) is 3.87. The molecule has 0 bridgehead atoms. The van der Waals surface area contributed by atoms with Gasteiger partial charge in [0.25, 0.3) is 5.56 Å². The Bertz CT molecular complexity index is 440. The van der Waals surface area contributed by atoms with Crippen molar-refractivity contribution in [2.75, 3.05) is 11.4 Å². The fourth-order valence-corrected chi connectivity index (χ4v) is 1.44. The van der Waals surface area contributed by atoms with Gasteiger partial charge in [0, 0.05) is 31.4 Å². The molecule has 0 amide bonds. The number of rotatable bonds is 5. The maximum atomic E-state index is 11.6. The molecule has 1 aromatic rings. The summed E-state index contributed by atoms with van der Waals surface area (Å²) in [5, 5.41) is 11.4. The molecule has 0 aliphatic rings. The Balaban J connectivity index is 2.87. The van der Waals surface area contributed by atoms with Crippen molar-refractivity contribution >= 4 is 11.7 Å². The van der Waals surface area contributed by atoms with E-state index in [0.29, 0.717) is 18.8 Å². The normalized spacial score (nSPS) is 11.8. The molecule has 94 valence electrons. The molecule has 0 spiro atoms. The molecule has 0 aromatic carbocycles. The van der Waals surface area contributed by atoms with Crippen LogP contribution in [0.1, 0.15) is 20.3 Å². The van der Waals surface area contributed by atoms with Crippen LogP contribution in [0, 0.1) is 0 Å². The van der Waals surface area contributed by atoms with Crippen molar-refractivity contribution < 1.29 is 5.21 Å². The second-order valence-corrected chi connectivity index (χ2v) is 3.87. The monoisotopic (exact) mass is 239 g/mol. The van der Waals surface area contributed by atoms with Gasteiger partial charge in [-0.25, -0.2) is 4.98 Å². The molecule has 7 nitrogen and oxygen atoms in total. The highest BCUT2D eigenvalue weighted by Gasteiger charge is 2.15. The molecule has 0 saturated heterocycles. The number of hydrogen-bond donors (Lipinski definition) is 3. The number of anilines is 1. The Morgan fingerprint density at radius 2 is 2.41 bits per heavy atom. The lowest BCUT2D eigenvalue weighted by molar-refractivity contribution is 0.317. The van der Waals surface area contributed by atoms with Gasteiger partial charge in [-0.2, -0.15) is 0 Å². The Morgan fingerprint density at radius 1 is 1.71 bits per heavy atom. The molecule has 0 unspecified atom stereocenters. The van der Waals surface area contributed by atoms with Crippen LogP contribution in [0.2, 0.25) is 0 Å². The van der Waals surface area contributed by atoms with Crippen LogP contribution in [-0.4, -0.2) is 33.6 Å². The van der Waals surface area contributed by atoms with Gasteiger partial charge in [0.15, 0.2) is 5.82 Å². The smallest absolute Gasteiger partial charge is 0.290 e. The van der Waals surface area contributed by atoms with E-state index < -0.39 is 0 Å². The van der Waals surface area contributed by atoms with E-state index in [0.717, 1.165) is 0 Å². The van der Waals surface area contributed by atoms with Crippen molar-refractivity contribution in [3.05, 3.63) is 22.7 Å². The molecule has 0 saturated carbocycles. The first kappa shape index (κ1) is 13.0. The quantitative estimate of drug-likeness (QED) is 0.293. The number of nitrogens with one attached hydrogen (secondary N) is 1. The molecule has 0 atom stereocenters. The number of amidine groups is 1. The SMILES string of the molecule is CC(C)N(CC/C(N)=N/O)c1ncc[nH]c1=O. The van der Waals surface area contributed by atoms with Crippen molar-refractivity contribution in [3.63, 3.8) is 0 Å². The predicted molar refractivity (Wildman–Crippen MR) is 65.4 cm³/mol. The van der Waals surface area contributed by atoms with E-state index >= 15 is 0 Å². The summed E-state index contributed by atoms with van der Waals surface area (Å²) in [6.07, 6.45) is 3.37. The highest BCUT2D eigenvalue weighted by molar-refractivity contribution is 5.80. The Hall–Kier alpha value is -2.05. The van der Waals surface area contributed by atoms with Gasteiger partial charge in [0.2, 0.25) is 0 Å². The Labute approximate surface area is 99.0 Å². The number of aromatic nitrogens is 2. The van der Waals surface area contributed by atoms with Gasteiger partial charge in [0.1, 0.15) is 5.84 Å². The molecule has 0 aliphatic heterocycles. The third kappa shape index (κ3) is 3.47. The van der Waals surface area contributed by atoms with E-state index in [2.05, 4.69) is 15.1 Å². The lowest BCUT2D eigenvalue weighted by atomic mass is 10.2. The average Bonchev–Trinajstić information content (AvgIpc) is 2.30. The van der Waals surface area contributed by atoms with Crippen molar-refractivity contribution in [2.45, 2.75) is 26.3 Å². The fourth-order valence-electron chi connectivity index (χ4n) is 1.44. The first-order valence-corrected chi connectivity index (χ1v) is 5.33. The Kier molecular flexibility index (Phi) is 4.50. The maximum Gasteiger partial charge on any atom is 0.290 e. The van der Waals surface area contributed by atoms with Gasteiger partial charge in [-0.05, 0) is 13.8 Å². The molecular weight excluding hydrogens is 222 g/mol. The highest BCUT2D eigenvalue weighted by Crippen LogP contribution is 2.08. The number of oxime groups is 1. The van der Waals surface area contributed by atoms with Gasteiger partial charge in [-0.3, -0.25) is 4.79 Å². The molecule has 1 aromatic heterocycles. The molecule has 0 radical (unpaired) electrons. The van der Waals surface area contributed by atoms with Crippen LogP contribution in [-0.2, 0) is 0 Å². The van der Waals surface area contributed by atoms with Crippen LogP contribution in [0.25, 0.3) is 0 Å². The lowest BCUT2D eigenvalue weighted by Crippen LogP contribution is -2.38. The number of nitrogens with two attached hydrogens (primary N) is 1. The van der Waals surface area contributed by atoms with Crippen LogP contribution < -0.4 is 16.2 Å². The van der Waals surface area contributed by atoms with E-state index in [1.165, 1.54) is 12.4 Å². The standard InChI is InChI=1S/C10H17N5O2/c1-7(2)15(6-3-8(11)14-17)9-10(16)13-5-4-12-9/h4-5,7,17H,3,6H2,1-2H3,(H2,11,14)(H,13,16). The summed E-state index contributed by atoms with van der Waals surface area (Å²) >= 11 is 0. The van der Waals surface area contributed by atoms with Crippen molar-refractivity contribution in [3.8, 4) is 0 Å². The molecule has 7 heteroatoms. The van der Waals surface area contributed by atoms with Gasteiger partial charge < -0.3 is 20.8 Å². The predicted octanol–water partition coefficient (Wildman–Crippen LogP) is 0.121. The molecule has 17 heavy (non-hydrogen) atoms. The molecule has 4 N–H and O–H groups in total. The number of aromatic amines is 1. The average molecular weight is 239 g/mol. The van der Waals surface area contributed by atoms with Crippen LogP contribution in [0.3, 0.4) is 0 Å². The molecule has 0 aliphatic carbocycles. The van der Waals surface area contributed by atoms with Crippen LogP contribution >= 0.6 is 0 Å². The van der Waals surface area contributed by atoms with Crippen molar-refractivity contribution in [2.24, 2.45) is 10.9 Å². The largest absolute Gasteiger partial charge is 0.409 e. The van der Waals surface area contributed by atoms with E-state index in [-0.39, 0.29) is 17.4 Å². The molecule has 1 rings (SSSR count). The molecular formula is C10H17N5O2. The Morgan fingerprint density at radius 3 is 2.94 bits per heavy atom. The summed E-state index contributed by atoms with van der Waals surface area (Å²) < 4.78 is 0. The zero-order valence-electron chi connectivity index (χ0n) is 9.92. The number of nitrogens with zero attached hydrogens (tertiary/aromatic N) is 3. The van der Waals surface area contributed by atoms with Crippen LogP contribution in [0.15, 0.2) is 22.3 Å². The van der Waals surface area contributed by atoms with Gasteiger partial charge in [-0.1, -0.05) is 5.16 Å².